The van der Waals surface area contributed by atoms with E-state index in [1.807, 2.05) is 0 Å². The van der Waals surface area contributed by atoms with E-state index < -0.39 is 10.0 Å². The molecule has 0 saturated carbocycles. The van der Waals surface area contributed by atoms with Crippen LogP contribution in [0.1, 0.15) is 23.4 Å². The van der Waals surface area contributed by atoms with Crippen LogP contribution in [0.5, 0.6) is 0 Å². The third kappa shape index (κ3) is 4.33. The molecule has 0 bridgehead atoms. The number of benzene rings is 1. The van der Waals surface area contributed by atoms with Crippen molar-refractivity contribution >= 4 is 16.1 Å². The Hall–Kier alpha value is -2.46. The second-order valence-corrected chi connectivity index (χ2v) is 8.67. The number of amides is 2. The molecule has 2 N–H and O–H groups in total. The van der Waals surface area contributed by atoms with Crippen LogP contribution in [0.2, 0.25) is 0 Å². The van der Waals surface area contributed by atoms with E-state index in [0.29, 0.717) is 37.4 Å². The van der Waals surface area contributed by atoms with Gasteiger partial charge in [-0.05, 0) is 38.0 Å². The zero-order chi connectivity index (χ0) is 20.3. The topological polar surface area (TPSA) is 98.4 Å². The summed E-state index contributed by atoms with van der Waals surface area (Å²) >= 11 is 0. The highest BCUT2D eigenvalue weighted by atomic mass is 32.2. The van der Waals surface area contributed by atoms with Gasteiger partial charge in [0.25, 0.3) is 0 Å². The Morgan fingerprint density at radius 1 is 1.18 bits per heavy atom. The quantitative estimate of drug-likeness (QED) is 0.804. The summed E-state index contributed by atoms with van der Waals surface area (Å²) in [6.45, 7) is 4.94. The number of aromatic amines is 1. The fourth-order valence-corrected chi connectivity index (χ4v) is 5.08. The number of carbonyl (C=O) groups is 1. The Balaban J connectivity index is 1.61. The number of nitrogens with zero attached hydrogens (tertiary/aromatic N) is 3. The van der Waals surface area contributed by atoms with Crippen molar-refractivity contribution in [1.82, 2.24) is 24.7 Å². The molecule has 2 heterocycles. The first-order valence-electron chi connectivity index (χ1n) is 9.08. The SMILES string of the molecule is Cc1n[nH]c(C)c1S(=O)(=O)N1CCCN(C(=O)NCc2ccc(F)cc2)CC1. The number of hydrogen-bond donors (Lipinski definition) is 2. The van der Waals surface area contributed by atoms with Crippen molar-refractivity contribution in [3.05, 3.63) is 47.0 Å². The summed E-state index contributed by atoms with van der Waals surface area (Å²) in [7, 11) is -3.67. The molecule has 1 aromatic heterocycles. The van der Waals surface area contributed by atoms with Crippen LogP contribution in [0, 0.1) is 19.7 Å². The number of urea groups is 1. The predicted octanol–water partition coefficient (Wildman–Crippen LogP) is 1.77. The monoisotopic (exact) mass is 409 g/mol. The summed E-state index contributed by atoms with van der Waals surface area (Å²) in [5.74, 6) is -0.327. The fraction of sp³-hybridized carbons (Fsp3) is 0.444. The number of rotatable bonds is 4. The van der Waals surface area contributed by atoms with Gasteiger partial charge in [0, 0.05) is 32.7 Å². The lowest BCUT2D eigenvalue weighted by molar-refractivity contribution is 0.200. The molecule has 1 aromatic carbocycles. The highest BCUT2D eigenvalue weighted by Gasteiger charge is 2.31. The van der Waals surface area contributed by atoms with Crippen molar-refractivity contribution < 1.29 is 17.6 Å². The lowest BCUT2D eigenvalue weighted by Crippen LogP contribution is -2.42. The summed E-state index contributed by atoms with van der Waals surface area (Å²) in [6.07, 6.45) is 0.541. The van der Waals surface area contributed by atoms with E-state index in [1.165, 1.54) is 16.4 Å². The molecular weight excluding hydrogens is 385 g/mol. The molecule has 0 spiro atoms. The van der Waals surface area contributed by atoms with Gasteiger partial charge in [0.2, 0.25) is 10.0 Å². The number of aryl methyl sites for hydroxylation is 2. The maximum Gasteiger partial charge on any atom is 0.317 e. The number of hydrogen-bond acceptors (Lipinski definition) is 4. The molecule has 1 aliphatic rings. The van der Waals surface area contributed by atoms with E-state index in [2.05, 4.69) is 15.5 Å². The van der Waals surface area contributed by atoms with Gasteiger partial charge in [-0.1, -0.05) is 12.1 Å². The molecule has 0 atom stereocenters. The van der Waals surface area contributed by atoms with Crippen LogP contribution in [0.4, 0.5) is 9.18 Å². The summed E-state index contributed by atoms with van der Waals surface area (Å²) in [5, 5.41) is 9.48. The van der Waals surface area contributed by atoms with Crippen LogP contribution in [0.3, 0.4) is 0 Å². The van der Waals surface area contributed by atoms with Crippen LogP contribution in [0.25, 0.3) is 0 Å². The standard InChI is InChI=1S/C18H24FN5O3S/c1-13-17(14(2)22-21-13)28(26,27)24-9-3-8-23(10-11-24)18(25)20-12-15-4-6-16(19)7-5-15/h4-7H,3,8-12H2,1-2H3,(H,20,25)(H,21,22). The number of sulfonamides is 1. The van der Waals surface area contributed by atoms with Gasteiger partial charge in [-0.25, -0.2) is 17.6 Å². The molecule has 1 fully saturated rings. The Morgan fingerprint density at radius 2 is 1.89 bits per heavy atom. The van der Waals surface area contributed by atoms with Gasteiger partial charge in [0.15, 0.2) is 0 Å². The lowest BCUT2D eigenvalue weighted by atomic mass is 10.2. The molecule has 3 rings (SSSR count). The minimum absolute atomic E-state index is 0.210. The number of carbonyl (C=O) groups excluding carboxylic acids is 1. The van der Waals surface area contributed by atoms with E-state index in [0.717, 1.165) is 5.56 Å². The summed E-state index contributed by atoms with van der Waals surface area (Å²) < 4.78 is 40.3. The highest BCUT2D eigenvalue weighted by Crippen LogP contribution is 2.22. The minimum atomic E-state index is -3.67. The number of H-pyrrole nitrogens is 1. The maximum atomic E-state index is 13.0. The first-order chi connectivity index (χ1) is 13.3. The van der Waals surface area contributed by atoms with E-state index in [-0.39, 0.29) is 29.8 Å². The smallest absolute Gasteiger partial charge is 0.317 e. The van der Waals surface area contributed by atoms with E-state index in [1.54, 1.807) is 30.9 Å². The number of aromatic nitrogens is 2. The normalized spacial score (nSPS) is 16.0. The van der Waals surface area contributed by atoms with Gasteiger partial charge >= 0.3 is 6.03 Å². The van der Waals surface area contributed by atoms with Gasteiger partial charge < -0.3 is 10.2 Å². The van der Waals surface area contributed by atoms with Crippen LogP contribution in [-0.2, 0) is 16.6 Å². The molecule has 0 aliphatic carbocycles. The average molecular weight is 409 g/mol. The molecule has 8 nitrogen and oxygen atoms in total. The Kier molecular flexibility index (Phi) is 5.99. The second-order valence-electron chi connectivity index (χ2n) is 6.79. The zero-order valence-electron chi connectivity index (χ0n) is 15.9. The van der Waals surface area contributed by atoms with Crippen molar-refractivity contribution in [3.8, 4) is 0 Å². The van der Waals surface area contributed by atoms with Crippen LogP contribution < -0.4 is 5.32 Å². The zero-order valence-corrected chi connectivity index (χ0v) is 16.7. The minimum Gasteiger partial charge on any atom is -0.334 e. The van der Waals surface area contributed by atoms with Gasteiger partial charge in [0.05, 0.1) is 11.4 Å². The number of halogens is 1. The molecule has 1 aliphatic heterocycles. The van der Waals surface area contributed by atoms with Crippen molar-refractivity contribution in [2.24, 2.45) is 0 Å². The lowest BCUT2D eigenvalue weighted by Gasteiger charge is -2.22. The van der Waals surface area contributed by atoms with E-state index in [9.17, 15) is 17.6 Å². The molecule has 2 amide bonds. The highest BCUT2D eigenvalue weighted by molar-refractivity contribution is 7.89. The molecule has 1 saturated heterocycles. The van der Waals surface area contributed by atoms with Crippen molar-refractivity contribution in [2.45, 2.75) is 31.7 Å². The maximum absolute atomic E-state index is 13.0. The molecule has 0 unspecified atom stereocenters. The Bertz CT molecular complexity index is 923. The molecule has 10 heteroatoms. The third-order valence-electron chi connectivity index (χ3n) is 4.76. The van der Waals surface area contributed by atoms with E-state index >= 15 is 0 Å². The first-order valence-corrected chi connectivity index (χ1v) is 10.5. The molecule has 2 aromatic rings. The van der Waals surface area contributed by atoms with Crippen LogP contribution in [-0.4, -0.2) is 60.0 Å². The van der Waals surface area contributed by atoms with Crippen molar-refractivity contribution in [2.75, 3.05) is 26.2 Å². The average Bonchev–Trinajstić information content (AvgIpc) is 2.86. The largest absolute Gasteiger partial charge is 0.334 e. The fourth-order valence-electron chi connectivity index (χ4n) is 3.28. The van der Waals surface area contributed by atoms with Crippen molar-refractivity contribution in [1.29, 1.82) is 0 Å². The van der Waals surface area contributed by atoms with Crippen LogP contribution >= 0.6 is 0 Å². The van der Waals surface area contributed by atoms with Crippen LogP contribution in [0.15, 0.2) is 29.2 Å². The number of nitrogens with one attached hydrogen (secondary N) is 2. The predicted molar refractivity (Wildman–Crippen MR) is 102 cm³/mol. The Morgan fingerprint density at radius 3 is 2.54 bits per heavy atom. The Labute approximate surface area is 163 Å². The molecule has 28 heavy (non-hydrogen) atoms. The van der Waals surface area contributed by atoms with Gasteiger partial charge in [-0.2, -0.15) is 9.40 Å². The summed E-state index contributed by atoms with van der Waals surface area (Å²) in [4.78, 5) is 14.3. The van der Waals surface area contributed by atoms with Gasteiger partial charge in [0.1, 0.15) is 10.7 Å². The van der Waals surface area contributed by atoms with Crippen molar-refractivity contribution in [3.63, 3.8) is 0 Å². The van der Waals surface area contributed by atoms with E-state index in [4.69, 9.17) is 0 Å². The molecule has 152 valence electrons. The first kappa shape index (κ1) is 20.3. The third-order valence-corrected chi connectivity index (χ3v) is 6.92. The second kappa shape index (κ2) is 8.27. The van der Waals surface area contributed by atoms with Gasteiger partial charge in [-0.3, -0.25) is 5.10 Å². The van der Waals surface area contributed by atoms with Gasteiger partial charge in [-0.15, -0.1) is 0 Å². The summed E-state index contributed by atoms with van der Waals surface area (Å²) in [5.41, 5.74) is 1.74. The molecular formula is C18H24FN5O3S. The molecule has 0 radical (unpaired) electrons. The summed E-state index contributed by atoms with van der Waals surface area (Å²) in [6, 6.07) is 5.65.